The maximum absolute atomic E-state index is 5.90. The minimum absolute atomic E-state index is 0.455. The molecule has 96 valence electrons. The zero-order valence-electron chi connectivity index (χ0n) is 10.2. The first-order chi connectivity index (χ1) is 9.24. The van der Waals surface area contributed by atoms with Crippen LogP contribution in [0.25, 0.3) is 11.0 Å². The summed E-state index contributed by atoms with van der Waals surface area (Å²) >= 11 is 1.54. The summed E-state index contributed by atoms with van der Waals surface area (Å²) in [6.07, 6.45) is 4.89. The average Bonchev–Trinajstić information content (AvgIpc) is 2.80. The van der Waals surface area contributed by atoms with Gasteiger partial charge in [-0.2, -0.15) is 5.10 Å². The van der Waals surface area contributed by atoms with Crippen LogP contribution in [0.15, 0.2) is 29.8 Å². The van der Waals surface area contributed by atoms with Gasteiger partial charge < -0.3 is 5.73 Å². The van der Waals surface area contributed by atoms with Gasteiger partial charge in [-0.15, -0.1) is 0 Å². The molecular formula is C11H11N7S. The van der Waals surface area contributed by atoms with Gasteiger partial charge in [0, 0.05) is 13.2 Å². The Labute approximate surface area is 113 Å². The molecule has 0 atom stereocenters. The summed E-state index contributed by atoms with van der Waals surface area (Å²) in [6.45, 7) is 0. The highest BCUT2D eigenvalue weighted by Gasteiger charge is 2.09. The third kappa shape index (κ3) is 2.34. The largest absolute Gasteiger partial charge is 0.383 e. The van der Waals surface area contributed by atoms with Gasteiger partial charge in [0.1, 0.15) is 18.0 Å². The number of hydrogen-bond donors (Lipinski definition) is 1. The van der Waals surface area contributed by atoms with Gasteiger partial charge in [-0.3, -0.25) is 4.68 Å². The van der Waals surface area contributed by atoms with Crippen LogP contribution in [0.3, 0.4) is 0 Å². The molecule has 0 aliphatic heterocycles. The topological polar surface area (TPSA) is 95.4 Å². The molecular weight excluding hydrogens is 262 g/mol. The second-order valence-electron chi connectivity index (χ2n) is 3.87. The fraction of sp³-hybridized carbons (Fsp3) is 0.182. The summed E-state index contributed by atoms with van der Waals surface area (Å²) in [5.74, 6) is 1.72. The lowest BCUT2D eigenvalue weighted by atomic mass is 10.4. The van der Waals surface area contributed by atoms with E-state index in [1.807, 2.05) is 13.1 Å². The zero-order chi connectivity index (χ0) is 13.2. The van der Waals surface area contributed by atoms with Crippen LogP contribution in [-0.4, -0.2) is 29.7 Å². The summed E-state index contributed by atoms with van der Waals surface area (Å²) in [4.78, 5) is 16.7. The number of nitrogen functional groups attached to an aromatic ring is 1. The third-order valence-corrected chi connectivity index (χ3v) is 3.51. The van der Waals surface area contributed by atoms with Crippen LogP contribution < -0.4 is 5.73 Å². The van der Waals surface area contributed by atoms with Crippen LogP contribution in [0.5, 0.6) is 0 Å². The molecule has 8 heteroatoms. The molecule has 0 fully saturated rings. The van der Waals surface area contributed by atoms with Crippen molar-refractivity contribution in [3.8, 4) is 0 Å². The Balaban J connectivity index is 1.87. The molecule has 0 amide bonds. The van der Waals surface area contributed by atoms with E-state index in [-0.39, 0.29) is 0 Å². The van der Waals surface area contributed by atoms with Gasteiger partial charge in [0.2, 0.25) is 0 Å². The van der Waals surface area contributed by atoms with E-state index < -0.39 is 0 Å². The number of nitrogens with two attached hydrogens (primary N) is 1. The highest BCUT2D eigenvalue weighted by molar-refractivity contribution is 7.98. The maximum Gasteiger partial charge on any atom is 0.163 e. The molecule has 3 aromatic heterocycles. The molecule has 3 heterocycles. The van der Waals surface area contributed by atoms with Crippen LogP contribution in [0.4, 0.5) is 5.82 Å². The first-order valence-electron chi connectivity index (χ1n) is 5.57. The molecule has 0 bridgehead atoms. The normalized spacial score (nSPS) is 11.0. The second-order valence-corrected chi connectivity index (χ2v) is 4.86. The van der Waals surface area contributed by atoms with Crippen LogP contribution in [-0.2, 0) is 12.8 Å². The van der Waals surface area contributed by atoms with E-state index >= 15 is 0 Å². The van der Waals surface area contributed by atoms with Gasteiger partial charge in [0.05, 0.1) is 22.4 Å². The quantitative estimate of drug-likeness (QED) is 0.562. The van der Waals surface area contributed by atoms with Gasteiger partial charge in [-0.05, 0) is 6.07 Å². The van der Waals surface area contributed by atoms with Crippen LogP contribution in [0.2, 0.25) is 0 Å². The first kappa shape index (κ1) is 11.8. The van der Waals surface area contributed by atoms with E-state index in [0.29, 0.717) is 17.4 Å². The summed E-state index contributed by atoms with van der Waals surface area (Å²) in [5.41, 5.74) is 6.64. The monoisotopic (exact) mass is 273 g/mol. The molecule has 0 spiro atoms. The molecule has 0 aliphatic carbocycles. The Morgan fingerprint density at radius 1 is 1.37 bits per heavy atom. The van der Waals surface area contributed by atoms with Crippen molar-refractivity contribution in [2.45, 2.75) is 10.8 Å². The van der Waals surface area contributed by atoms with Gasteiger partial charge in [-0.1, -0.05) is 11.8 Å². The molecule has 3 rings (SSSR count). The van der Waals surface area contributed by atoms with E-state index in [2.05, 4.69) is 25.0 Å². The number of nitrogens with zero attached hydrogens (tertiary/aromatic N) is 6. The van der Waals surface area contributed by atoms with Crippen LogP contribution in [0.1, 0.15) is 5.82 Å². The van der Waals surface area contributed by atoms with E-state index in [4.69, 9.17) is 5.73 Å². The van der Waals surface area contributed by atoms with Crippen molar-refractivity contribution in [2.75, 3.05) is 5.73 Å². The number of hydrogen-bond acceptors (Lipinski definition) is 7. The summed E-state index contributed by atoms with van der Waals surface area (Å²) in [7, 11) is 1.83. The highest BCUT2D eigenvalue weighted by Crippen LogP contribution is 2.21. The second kappa shape index (κ2) is 4.81. The molecule has 2 N–H and O–H groups in total. The number of thioether (sulfide) groups is 1. The van der Waals surface area contributed by atoms with Crippen LogP contribution >= 0.6 is 11.8 Å². The van der Waals surface area contributed by atoms with Crippen molar-refractivity contribution in [1.82, 2.24) is 29.7 Å². The number of aromatic nitrogens is 6. The van der Waals surface area contributed by atoms with Crippen molar-refractivity contribution >= 4 is 28.6 Å². The van der Waals surface area contributed by atoms with Gasteiger partial charge in [-0.25, -0.2) is 19.9 Å². The Hall–Kier alpha value is -2.22. The van der Waals surface area contributed by atoms with Crippen molar-refractivity contribution in [3.05, 3.63) is 30.6 Å². The molecule has 0 unspecified atom stereocenters. The SMILES string of the molecule is Cn1ncc2c(N)nc(CSc3ccncn3)nc21. The number of fused-ring (bicyclic) bond motifs is 1. The standard InChI is InChI=1S/C11H11N7S/c1-18-11-7(4-15-18)10(12)16-8(17-11)5-19-9-2-3-13-6-14-9/h2-4,6H,5H2,1H3,(H2,12,16,17). The van der Waals surface area contributed by atoms with Crippen LogP contribution in [0, 0.1) is 0 Å². The van der Waals surface area contributed by atoms with E-state index in [9.17, 15) is 0 Å². The third-order valence-electron chi connectivity index (χ3n) is 2.57. The van der Waals surface area contributed by atoms with Gasteiger partial charge in [0.15, 0.2) is 5.65 Å². The molecule has 0 aromatic carbocycles. The fourth-order valence-corrected chi connectivity index (χ4v) is 2.34. The Morgan fingerprint density at radius 3 is 3.05 bits per heavy atom. The Bertz CT molecular complexity index is 710. The van der Waals surface area contributed by atoms with Crippen molar-refractivity contribution in [3.63, 3.8) is 0 Å². The van der Waals surface area contributed by atoms with Crippen molar-refractivity contribution in [2.24, 2.45) is 7.05 Å². The predicted octanol–water partition coefficient (Wildman–Crippen LogP) is 1.03. The zero-order valence-corrected chi connectivity index (χ0v) is 11.0. The van der Waals surface area contributed by atoms with Gasteiger partial charge in [0.25, 0.3) is 0 Å². The van der Waals surface area contributed by atoms with E-state index in [0.717, 1.165) is 16.1 Å². The molecule has 0 saturated carbocycles. The minimum Gasteiger partial charge on any atom is -0.383 e. The van der Waals surface area contributed by atoms with Gasteiger partial charge >= 0.3 is 0 Å². The van der Waals surface area contributed by atoms with E-state index in [1.165, 1.54) is 18.1 Å². The summed E-state index contributed by atoms with van der Waals surface area (Å²) in [5, 5.41) is 5.78. The lowest BCUT2D eigenvalue weighted by Crippen LogP contribution is -2.01. The maximum atomic E-state index is 5.90. The number of rotatable bonds is 3. The smallest absolute Gasteiger partial charge is 0.163 e. The molecule has 0 saturated heterocycles. The molecule has 19 heavy (non-hydrogen) atoms. The highest BCUT2D eigenvalue weighted by atomic mass is 32.2. The predicted molar refractivity (Wildman–Crippen MR) is 72.3 cm³/mol. The molecule has 0 radical (unpaired) electrons. The van der Waals surface area contributed by atoms with Crippen molar-refractivity contribution in [1.29, 1.82) is 0 Å². The minimum atomic E-state index is 0.455. The molecule has 3 aromatic rings. The lowest BCUT2D eigenvalue weighted by Gasteiger charge is -2.02. The molecule has 0 aliphatic rings. The Morgan fingerprint density at radius 2 is 2.26 bits per heavy atom. The molecule has 7 nitrogen and oxygen atoms in total. The first-order valence-corrected chi connectivity index (χ1v) is 6.55. The van der Waals surface area contributed by atoms with Crippen molar-refractivity contribution < 1.29 is 0 Å². The van der Waals surface area contributed by atoms with E-state index in [1.54, 1.807) is 17.1 Å². The summed E-state index contributed by atoms with van der Waals surface area (Å²) < 4.78 is 1.69. The lowest BCUT2D eigenvalue weighted by molar-refractivity contribution is 0.782. The number of anilines is 1. The summed E-state index contributed by atoms with van der Waals surface area (Å²) in [6, 6.07) is 1.84. The average molecular weight is 273 g/mol. The Kier molecular flexibility index (Phi) is 3.00. The number of aryl methyl sites for hydroxylation is 1. The fourth-order valence-electron chi connectivity index (χ4n) is 1.66.